The molecule has 1 amide bonds. The van der Waals surface area contributed by atoms with Crippen molar-refractivity contribution in [3.8, 4) is 0 Å². The van der Waals surface area contributed by atoms with E-state index in [4.69, 9.17) is 0 Å². The molecule has 2 aromatic rings. The predicted octanol–water partition coefficient (Wildman–Crippen LogP) is 2.76. The third kappa shape index (κ3) is 3.69. The SMILES string of the molecule is COC(=O)c1ccc(C=C2SC(=Nc3cccnc3)NC2=O)cc1. The number of amidine groups is 1. The molecule has 1 saturated heterocycles. The number of benzene rings is 1. The van der Waals surface area contributed by atoms with E-state index in [2.05, 4.69) is 20.0 Å². The Bertz CT molecular complexity index is 830. The van der Waals surface area contributed by atoms with Crippen LogP contribution in [0.4, 0.5) is 5.69 Å². The second-order valence-electron chi connectivity index (χ2n) is 4.81. The fourth-order valence-corrected chi connectivity index (χ4v) is 2.84. The van der Waals surface area contributed by atoms with Crippen LogP contribution in [0.15, 0.2) is 58.7 Å². The van der Waals surface area contributed by atoms with Gasteiger partial charge in [0.05, 0.1) is 29.5 Å². The molecule has 3 rings (SSSR count). The van der Waals surface area contributed by atoms with Crippen molar-refractivity contribution in [1.82, 2.24) is 10.3 Å². The lowest BCUT2D eigenvalue weighted by Crippen LogP contribution is -2.19. The molecule has 0 radical (unpaired) electrons. The molecule has 1 aliphatic heterocycles. The summed E-state index contributed by atoms with van der Waals surface area (Å²) in [5.74, 6) is -0.604. The van der Waals surface area contributed by atoms with Crippen molar-refractivity contribution in [3.63, 3.8) is 0 Å². The van der Waals surface area contributed by atoms with Crippen molar-refractivity contribution in [2.45, 2.75) is 0 Å². The number of rotatable bonds is 3. The van der Waals surface area contributed by atoms with Gasteiger partial charge in [-0.05, 0) is 47.7 Å². The molecule has 1 aromatic heterocycles. The lowest BCUT2D eigenvalue weighted by Gasteiger charge is -1.99. The van der Waals surface area contributed by atoms with Crippen LogP contribution in [0.25, 0.3) is 6.08 Å². The van der Waals surface area contributed by atoms with E-state index in [1.54, 1.807) is 54.9 Å². The lowest BCUT2D eigenvalue weighted by atomic mass is 10.1. The lowest BCUT2D eigenvalue weighted by molar-refractivity contribution is -0.115. The number of ether oxygens (including phenoxy) is 1. The van der Waals surface area contributed by atoms with Crippen LogP contribution < -0.4 is 5.32 Å². The Morgan fingerprint density at radius 3 is 2.75 bits per heavy atom. The summed E-state index contributed by atoms with van der Waals surface area (Å²) in [4.78, 5) is 32.3. The van der Waals surface area contributed by atoms with E-state index in [-0.39, 0.29) is 5.91 Å². The van der Waals surface area contributed by atoms with Gasteiger partial charge in [-0.1, -0.05) is 12.1 Å². The summed E-state index contributed by atoms with van der Waals surface area (Å²) < 4.78 is 4.65. The number of hydrogen-bond donors (Lipinski definition) is 1. The van der Waals surface area contributed by atoms with Crippen LogP contribution >= 0.6 is 11.8 Å². The number of pyridine rings is 1. The Hall–Kier alpha value is -2.93. The molecule has 0 aliphatic carbocycles. The van der Waals surface area contributed by atoms with E-state index in [9.17, 15) is 9.59 Å². The molecule has 24 heavy (non-hydrogen) atoms. The molecule has 0 unspecified atom stereocenters. The highest BCUT2D eigenvalue weighted by atomic mass is 32.2. The molecule has 120 valence electrons. The first-order valence-corrected chi connectivity index (χ1v) is 7.85. The summed E-state index contributed by atoms with van der Waals surface area (Å²) in [6.45, 7) is 0. The fourth-order valence-electron chi connectivity index (χ4n) is 2.00. The van der Waals surface area contributed by atoms with E-state index < -0.39 is 5.97 Å². The molecular formula is C17H13N3O3S. The molecular weight excluding hydrogens is 326 g/mol. The minimum absolute atomic E-state index is 0.209. The molecule has 6 nitrogen and oxygen atoms in total. The monoisotopic (exact) mass is 339 g/mol. The Balaban J connectivity index is 1.77. The maximum absolute atomic E-state index is 12.0. The van der Waals surface area contributed by atoms with Crippen LogP contribution in [0.2, 0.25) is 0 Å². The smallest absolute Gasteiger partial charge is 0.337 e. The van der Waals surface area contributed by atoms with Gasteiger partial charge in [-0.3, -0.25) is 9.78 Å². The number of aromatic nitrogens is 1. The molecule has 1 fully saturated rings. The van der Waals surface area contributed by atoms with Gasteiger partial charge in [0.15, 0.2) is 5.17 Å². The minimum atomic E-state index is -0.395. The van der Waals surface area contributed by atoms with Gasteiger partial charge < -0.3 is 10.1 Å². The number of esters is 1. The Morgan fingerprint density at radius 1 is 1.29 bits per heavy atom. The fraction of sp³-hybridized carbons (Fsp3) is 0.0588. The number of carbonyl (C=O) groups excluding carboxylic acids is 2. The van der Waals surface area contributed by atoms with Gasteiger partial charge in [-0.15, -0.1) is 0 Å². The third-order valence-electron chi connectivity index (χ3n) is 3.16. The van der Waals surface area contributed by atoms with Crippen LogP contribution in [0, 0.1) is 0 Å². The first kappa shape index (κ1) is 15.9. The standard InChI is InChI=1S/C17H13N3O3S/c1-23-16(22)12-6-4-11(5-7-12)9-14-15(21)20-17(24-14)19-13-3-2-8-18-10-13/h2-10H,1H3,(H,19,20,21). The maximum Gasteiger partial charge on any atom is 0.337 e. The van der Waals surface area contributed by atoms with E-state index in [0.29, 0.717) is 21.3 Å². The number of methoxy groups -OCH3 is 1. The van der Waals surface area contributed by atoms with Gasteiger partial charge in [-0.25, -0.2) is 9.79 Å². The number of amides is 1. The minimum Gasteiger partial charge on any atom is -0.465 e. The van der Waals surface area contributed by atoms with Crippen molar-refractivity contribution in [2.24, 2.45) is 4.99 Å². The molecule has 1 aromatic carbocycles. The largest absolute Gasteiger partial charge is 0.465 e. The van der Waals surface area contributed by atoms with E-state index >= 15 is 0 Å². The van der Waals surface area contributed by atoms with Crippen molar-refractivity contribution in [2.75, 3.05) is 7.11 Å². The summed E-state index contributed by atoms with van der Waals surface area (Å²) in [5, 5.41) is 3.22. The van der Waals surface area contributed by atoms with Crippen LogP contribution in [0.3, 0.4) is 0 Å². The van der Waals surface area contributed by atoms with Crippen molar-refractivity contribution in [1.29, 1.82) is 0 Å². The molecule has 2 heterocycles. The summed E-state index contributed by atoms with van der Waals surface area (Å²) in [6.07, 6.45) is 5.02. The van der Waals surface area contributed by atoms with E-state index in [0.717, 1.165) is 5.56 Å². The molecule has 0 spiro atoms. The first-order valence-electron chi connectivity index (χ1n) is 7.04. The number of nitrogens with one attached hydrogen (secondary N) is 1. The Kier molecular flexibility index (Phi) is 4.72. The first-order chi connectivity index (χ1) is 11.7. The molecule has 0 atom stereocenters. The molecule has 0 bridgehead atoms. The number of thioether (sulfide) groups is 1. The maximum atomic E-state index is 12.0. The molecule has 1 aliphatic rings. The number of aliphatic imine (C=N–C) groups is 1. The molecule has 7 heteroatoms. The highest BCUT2D eigenvalue weighted by molar-refractivity contribution is 8.18. The van der Waals surface area contributed by atoms with Crippen molar-refractivity contribution in [3.05, 3.63) is 64.8 Å². The second-order valence-corrected chi connectivity index (χ2v) is 5.84. The molecule has 0 saturated carbocycles. The topological polar surface area (TPSA) is 80.7 Å². The van der Waals surface area contributed by atoms with Crippen LogP contribution in [0.5, 0.6) is 0 Å². The van der Waals surface area contributed by atoms with E-state index in [1.165, 1.54) is 18.9 Å². The predicted molar refractivity (Wildman–Crippen MR) is 92.8 cm³/mol. The highest BCUT2D eigenvalue weighted by Crippen LogP contribution is 2.27. The van der Waals surface area contributed by atoms with Crippen LogP contribution in [-0.2, 0) is 9.53 Å². The third-order valence-corrected chi connectivity index (χ3v) is 4.07. The summed E-state index contributed by atoms with van der Waals surface area (Å²) in [5.41, 5.74) is 1.94. The van der Waals surface area contributed by atoms with Gasteiger partial charge in [0.2, 0.25) is 0 Å². The Labute approximate surface area is 142 Å². The van der Waals surface area contributed by atoms with Crippen LogP contribution in [-0.4, -0.2) is 29.1 Å². The zero-order valence-corrected chi connectivity index (χ0v) is 13.5. The van der Waals surface area contributed by atoms with Gasteiger partial charge in [-0.2, -0.15) is 0 Å². The second kappa shape index (κ2) is 7.10. The summed E-state index contributed by atoms with van der Waals surface area (Å²) >= 11 is 1.25. The highest BCUT2D eigenvalue weighted by Gasteiger charge is 2.23. The normalized spacial score (nSPS) is 17.1. The zero-order chi connectivity index (χ0) is 16.9. The zero-order valence-electron chi connectivity index (χ0n) is 12.7. The number of nitrogens with zero attached hydrogens (tertiary/aromatic N) is 2. The van der Waals surface area contributed by atoms with Gasteiger partial charge >= 0.3 is 5.97 Å². The van der Waals surface area contributed by atoms with Gasteiger partial charge in [0.1, 0.15) is 0 Å². The summed E-state index contributed by atoms with van der Waals surface area (Å²) in [7, 11) is 1.33. The number of hydrogen-bond acceptors (Lipinski definition) is 6. The summed E-state index contributed by atoms with van der Waals surface area (Å²) in [6, 6.07) is 10.4. The van der Waals surface area contributed by atoms with Gasteiger partial charge in [0.25, 0.3) is 5.91 Å². The molecule has 1 N–H and O–H groups in total. The van der Waals surface area contributed by atoms with Crippen LogP contribution in [0.1, 0.15) is 15.9 Å². The van der Waals surface area contributed by atoms with Gasteiger partial charge in [0, 0.05) is 6.20 Å². The average molecular weight is 339 g/mol. The number of carbonyl (C=O) groups is 2. The van der Waals surface area contributed by atoms with Crippen molar-refractivity contribution < 1.29 is 14.3 Å². The van der Waals surface area contributed by atoms with Crippen molar-refractivity contribution >= 4 is 40.6 Å². The van der Waals surface area contributed by atoms with E-state index in [1.807, 2.05) is 0 Å². The average Bonchev–Trinajstić information content (AvgIpc) is 2.95. The quantitative estimate of drug-likeness (QED) is 0.687. The Morgan fingerprint density at radius 2 is 2.08 bits per heavy atom.